The van der Waals surface area contributed by atoms with Gasteiger partial charge in [-0.05, 0) is 16.7 Å². The fourth-order valence-corrected chi connectivity index (χ4v) is 6.02. The molecule has 10 atom stereocenters. The van der Waals surface area contributed by atoms with Gasteiger partial charge in [-0.3, -0.25) is 4.79 Å². The third kappa shape index (κ3) is 10.1. The third-order valence-electron chi connectivity index (χ3n) is 8.44. The van der Waals surface area contributed by atoms with Crippen LogP contribution in [0.5, 0.6) is 0 Å². The third-order valence-corrected chi connectivity index (χ3v) is 8.44. The predicted molar refractivity (Wildman–Crippen MR) is 175 cm³/mol. The second-order valence-electron chi connectivity index (χ2n) is 11.9. The van der Waals surface area contributed by atoms with Gasteiger partial charge in [-0.1, -0.05) is 91.0 Å². The Morgan fingerprint density at radius 1 is 0.633 bits per heavy atom. The topological polar surface area (TPSA) is 141 Å². The monoisotopic (exact) mass is 682 g/mol. The summed E-state index contributed by atoms with van der Waals surface area (Å²) in [7, 11) is 2.90. The number of carbonyl (C=O) groups excluding carboxylic acids is 1. The summed E-state index contributed by atoms with van der Waals surface area (Å²) in [5, 5.41) is 22.4. The highest BCUT2D eigenvalue weighted by atomic mass is 16.7. The zero-order chi connectivity index (χ0) is 34.6. The molecule has 2 aliphatic rings. The summed E-state index contributed by atoms with van der Waals surface area (Å²) >= 11 is 0. The number of carbonyl (C=O) groups is 1. The van der Waals surface area contributed by atoms with Crippen molar-refractivity contribution in [2.45, 2.75) is 88.2 Å². The molecule has 0 radical (unpaired) electrons. The van der Waals surface area contributed by atoms with Gasteiger partial charge >= 0.3 is 5.97 Å². The van der Waals surface area contributed by atoms with E-state index in [0.717, 1.165) is 16.7 Å². The highest BCUT2D eigenvalue weighted by Gasteiger charge is 2.53. The molecular weight excluding hydrogens is 636 g/mol. The van der Waals surface area contributed by atoms with Crippen molar-refractivity contribution in [2.75, 3.05) is 27.4 Å². The minimum absolute atomic E-state index is 0.00845. The maximum absolute atomic E-state index is 12.0. The van der Waals surface area contributed by atoms with Crippen LogP contribution in [0.1, 0.15) is 23.6 Å². The van der Waals surface area contributed by atoms with Crippen LogP contribution >= 0.6 is 0 Å². The van der Waals surface area contributed by atoms with E-state index in [1.165, 1.54) is 21.1 Å². The van der Waals surface area contributed by atoms with Gasteiger partial charge < -0.3 is 52.8 Å². The molecule has 2 heterocycles. The molecule has 49 heavy (non-hydrogen) atoms. The summed E-state index contributed by atoms with van der Waals surface area (Å²) in [4.78, 5) is 12.0. The van der Waals surface area contributed by atoms with E-state index in [2.05, 4.69) is 0 Å². The molecule has 2 fully saturated rings. The van der Waals surface area contributed by atoms with Crippen LogP contribution < -0.4 is 0 Å². The van der Waals surface area contributed by atoms with Crippen molar-refractivity contribution < 1.29 is 57.6 Å². The van der Waals surface area contributed by atoms with Crippen molar-refractivity contribution in [1.29, 1.82) is 0 Å². The molecule has 0 bridgehead atoms. The number of ether oxygens (including phenoxy) is 9. The Morgan fingerprint density at radius 3 is 1.65 bits per heavy atom. The number of esters is 1. The fourth-order valence-electron chi connectivity index (χ4n) is 6.02. The van der Waals surface area contributed by atoms with Crippen LogP contribution in [0.15, 0.2) is 91.0 Å². The van der Waals surface area contributed by atoms with E-state index in [1.807, 2.05) is 91.0 Å². The lowest BCUT2D eigenvalue weighted by Gasteiger charge is -2.48. The highest BCUT2D eigenvalue weighted by molar-refractivity contribution is 5.66. The second kappa shape index (κ2) is 18.6. The van der Waals surface area contributed by atoms with Crippen molar-refractivity contribution in [2.24, 2.45) is 0 Å². The van der Waals surface area contributed by atoms with E-state index >= 15 is 0 Å². The number of aliphatic hydroxyl groups excluding tert-OH is 2. The van der Waals surface area contributed by atoms with E-state index in [4.69, 9.17) is 42.6 Å². The molecule has 12 heteroatoms. The molecule has 0 aromatic heterocycles. The lowest BCUT2D eigenvalue weighted by Crippen LogP contribution is -2.66. The Kier molecular flexibility index (Phi) is 14.1. The Labute approximate surface area is 286 Å². The normalized spacial score (nSPS) is 30.1. The number of rotatable bonds is 16. The molecule has 0 spiro atoms. The highest BCUT2D eigenvalue weighted by Crippen LogP contribution is 2.33. The molecule has 12 nitrogen and oxygen atoms in total. The summed E-state index contributed by atoms with van der Waals surface area (Å²) in [6.45, 7) is 1.99. The van der Waals surface area contributed by atoms with Crippen LogP contribution in [0.2, 0.25) is 0 Å². The maximum Gasteiger partial charge on any atom is 0.303 e. The average Bonchev–Trinajstić information content (AvgIpc) is 3.11. The van der Waals surface area contributed by atoms with Crippen LogP contribution in [-0.2, 0) is 67.2 Å². The van der Waals surface area contributed by atoms with Crippen LogP contribution in [-0.4, -0.2) is 105 Å². The SMILES string of the molecule is CO[C@@H]1[C@@H](OC(C)=O)[C@@H](O)O[C@H](COCc2ccccc2)[C@H]1O[C@@H]1O[C@H](COCc2ccccc2)[C@@H](O)[C@H](OC)[C@H]1OCc1ccccc1. The van der Waals surface area contributed by atoms with Crippen molar-refractivity contribution >= 4 is 5.97 Å². The van der Waals surface area contributed by atoms with Crippen LogP contribution in [0, 0.1) is 0 Å². The predicted octanol–water partition coefficient (Wildman–Crippen LogP) is 3.16. The van der Waals surface area contributed by atoms with Gasteiger partial charge in [0.25, 0.3) is 0 Å². The molecule has 3 aromatic rings. The van der Waals surface area contributed by atoms with Gasteiger partial charge in [-0.2, -0.15) is 0 Å². The van der Waals surface area contributed by atoms with Crippen molar-refractivity contribution in [3.05, 3.63) is 108 Å². The Hall–Kier alpha value is -3.27. The van der Waals surface area contributed by atoms with Crippen LogP contribution in [0.4, 0.5) is 0 Å². The van der Waals surface area contributed by atoms with Gasteiger partial charge in [-0.15, -0.1) is 0 Å². The summed E-state index contributed by atoms with van der Waals surface area (Å²) in [5.74, 6) is -0.636. The smallest absolute Gasteiger partial charge is 0.303 e. The Bertz CT molecular complexity index is 1380. The molecule has 2 N–H and O–H groups in total. The molecule has 0 aliphatic carbocycles. The van der Waals surface area contributed by atoms with Gasteiger partial charge in [-0.25, -0.2) is 0 Å². The van der Waals surface area contributed by atoms with Gasteiger partial charge in [0.1, 0.15) is 42.7 Å². The van der Waals surface area contributed by atoms with E-state index in [9.17, 15) is 15.0 Å². The first kappa shape index (κ1) is 37.0. The first-order chi connectivity index (χ1) is 23.9. The second-order valence-corrected chi connectivity index (χ2v) is 11.9. The lowest BCUT2D eigenvalue weighted by molar-refractivity contribution is -0.365. The van der Waals surface area contributed by atoms with E-state index < -0.39 is 67.4 Å². The summed E-state index contributed by atoms with van der Waals surface area (Å²) in [5.41, 5.74) is 2.79. The van der Waals surface area contributed by atoms with E-state index in [0.29, 0.717) is 6.61 Å². The largest absolute Gasteiger partial charge is 0.454 e. The first-order valence-electron chi connectivity index (χ1n) is 16.3. The number of methoxy groups -OCH3 is 2. The summed E-state index contributed by atoms with van der Waals surface area (Å²) < 4.78 is 54.4. The summed E-state index contributed by atoms with van der Waals surface area (Å²) in [6, 6.07) is 28.8. The number of hydrogen-bond acceptors (Lipinski definition) is 12. The minimum atomic E-state index is -1.52. The molecule has 0 saturated carbocycles. The standard InChI is InChI=1S/C37H46O12/c1-24(38)46-34-33(42-3)31(29(47-36(34)40)23-44-20-26-15-9-5-10-16-26)49-37-35(45-21-27-17-11-6-12-18-27)32(41-2)30(39)28(48-37)22-43-19-25-13-7-4-8-14-25/h4-18,28-37,39-40H,19-23H2,1-3H3/t28-,29-,30-,31-,32+,33+,34-,35-,36+,37+/m1/s1. The van der Waals surface area contributed by atoms with Crippen LogP contribution in [0.3, 0.4) is 0 Å². The van der Waals surface area contributed by atoms with Crippen molar-refractivity contribution in [3.63, 3.8) is 0 Å². The average molecular weight is 683 g/mol. The quantitative estimate of drug-likeness (QED) is 0.215. The molecule has 0 unspecified atom stereocenters. The molecule has 2 aliphatic heterocycles. The first-order valence-corrected chi connectivity index (χ1v) is 16.3. The number of aliphatic hydroxyl groups is 2. The molecule has 5 rings (SSSR count). The lowest BCUT2D eigenvalue weighted by atomic mass is 9.96. The van der Waals surface area contributed by atoms with Gasteiger partial charge in [0.05, 0.1) is 33.0 Å². The fraction of sp³-hybridized carbons (Fsp3) is 0.486. The van der Waals surface area contributed by atoms with Gasteiger partial charge in [0.2, 0.25) is 0 Å². The molecular formula is C37H46O12. The Morgan fingerprint density at radius 2 is 1.14 bits per heavy atom. The van der Waals surface area contributed by atoms with E-state index in [-0.39, 0.29) is 26.4 Å². The molecule has 0 amide bonds. The number of hydrogen-bond donors (Lipinski definition) is 2. The van der Waals surface area contributed by atoms with Crippen molar-refractivity contribution in [1.82, 2.24) is 0 Å². The van der Waals surface area contributed by atoms with Gasteiger partial charge in [0.15, 0.2) is 18.7 Å². The van der Waals surface area contributed by atoms with Gasteiger partial charge in [0, 0.05) is 21.1 Å². The van der Waals surface area contributed by atoms with Crippen molar-refractivity contribution in [3.8, 4) is 0 Å². The summed E-state index contributed by atoms with van der Waals surface area (Å²) in [6.07, 6.45) is -10.6. The molecule has 2 saturated heterocycles. The zero-order valence-corrected chi connectivity index (χ0v) is 27.9. The number of benzene rings is 3. The zero-order valence-electron chi connectivity index (χ0n) is 27.9. The molecule has 3 aromatic carbocycles. The minimum Gasteiger partial charge on any atom is -0.454 e. The van der Waals surface area contributed by atoms with E-state index in [1.54, 1.807) is 0 Å². The van der Waals surface area contributed by atoms with Crippen LogP contribution in [0.25, 0.3) is 0 Å². The Balaban J connectivity index is 1.39. The molecule has 266 valence electrons. The maximum atomic E-state index is 12.0.